The van der Waals surface area contributed by atoms with E-state index in [1.807, 2.05) is 4.68 Å². The molecule has 1 aromatic rings. The summed E-state index contributed by atoms with van der Waals surface area (Å²) in [7, 11) is 0. The fraction of sp³-hybridized carbons (Fsp3) is 0.917. The van der Waals surface area contributed by atoms with Crippen molar-refractivity contribution >= 4 is 0 Å². The highest BCUT2D eigenvalue weighted by Crippen LogP contribution is 2.13. The summed E-state index contributed by atoms with van der Waals surface area (Å²) >= 11 is 0. The smallest absolute Gasteiger partial charge is 0.165 e. The van der Waals surface area contributed by atoms with Gasteiger partial charge in [-0.1, -0.05) is 13.3 Å². The van der Waals surface area contributed by atoms with Crippen molar-refractivity contribution in [2.75, 3.05) is 13.1 Å². The molecule has 0 bridgehead atoms. The first kappa shape index (κ1) is 13.4. The molecule has 0 N–H and O–H groups in total. The van der Waals surface area contributed by atoms with Crippen molar-refractivity contribution in [2.24, 2.45) is 0 Å². The van der Waals surface area contributed by atoms with Crippen LogP contribution in [0.5, 0.6) is 0 Å². The molecule has 0 amide bonds. The van der Waals surface area contributed by atoms with Crippen molar-refractivity contribution in [3.63, 3.8) is 0 Å². The van der Waals surface area contributed by atoms with E-state index in [-0.39, 0.29) is 12.2 Å². The standard InChI is InChI=1S/C12H23N5O/c1-4-5-6-17-12(13-14-15-17)9-16-7-10(2)18-11(3)8-16/h10-11H,4-9H2,1-3H3/t10-,11-/m0/s1. The number of tetrazole rings is 1. The van der Waals surface area contributed by atoms with Crippen molar-refractivity contribution in [3.05, 3.63) is 5.82 Å². The van der Waals surface area contributed by atoms with Gasteiger partial charge in [-0.2, -0.15) is 0 Å². The van der Waals surface area contributed by atoms with E-state index in [2.05, 4.69) is 41.2 Å². The lowest BCUT2D eigenvalue weighted by atomic mass is 10.2. The molecule has 1 fully saturated rings. The number of rotatable bonds is 5. The summed E-state index contributed by atoms with van der Waals surface area (Å²) in [5.74, 6) is 0.963. The van der Waals surface area contributed by atoms with Crippen LogP contribution < -0.4 is 0 Å². The lowest BCUT2D eigenvalue weighted by Gasteiger charge is -2.34. The largest absolute Gasteiger partial charge is 0.373 e. The Morgan fingerprint density at radius 1 is 1.28 bits per heavy atom. The number of ether oxygens (including phenoxy) is 1. The van der Waals surface area contributed by atoms with Gasteiger partial charge in [0.1, 0.15) is 0 Å². The van der Waals surface area contributed by atoms with Crippen LogP contribution in [0.25, 0.3) is 0 Å². The van der Waals surface area contributed by atoms with E-state index in [9.17, 15) is 0 Å². The van der Waals surface area contributed by atoms with Crippen LogP contribution in [0.15, 0.2) is 0 Å². The van der Waals surface area contributed by atoms with Gasteiger partial charge < -0.3 is 4.74 Å². The van der Waals surface area contributed by atoms with Crippen LogP contribution in [0.3, 0.4) is 0 Å². The van der Waals surface area contributed by atoms with Gasteiger partial charge in [0.05, 0.1) is 18.8 Å². The van der Waals surface area contributed by atoms with Crippen LogP contribution in [-0.2, 0) is 17.8 Å². The minimum Gasteiger partial charge on any atom is -0.373 e. The van der Waals surface area contributed by atoms with E-state index in [1.165, 1.54) is 0 Å². The molecule has 18 heavy (non-hydrogen) atoms. The number of morpholine rings is 1. The number of hydrogen-bond donors (Lipinski definition) is 0. The SMILES string of the molecule is CCCCn1nnnc1CN1C[C@H](C)O[C@@H](C)C1. The zero-order valence-corrected chi connectivity index (χ0v) is 11.5. The molecule has 0 spiro atoms. The number of hydrogen-bond acceptors (Lipinski definition) is 5. The van der Waals surface area contributed by atoms with Crippen LogP contribution in [0.2, 0.25) is 0 Å². The molecule has 2 atom stereocenters. The van der Waals surface area contributed by atoms with Crippen molar-refractivity contribution < 1.29 is 4.74 Å². The average molecular weight is 253 g/mol. The quantitative estimate of drug-likeness (QED) is 0.786. The van der Waals surface area contributed by atoms with E-state index in [0.717, 1.165) is 44.8 Å². The fourth-order valence-corrected chi connectivity index (χ4v) is 2.43. The van der Waals surface area contributed by atoms with E-state index in [0.29, 0.717) is 0 Å². The van der Waals surface area contributed by atoms with Gasteiger partial charge >= 0.3 is 0 Å². The second-order valence-corrected chi connectivity index (χ2v) is 5.12. The van der Waals surface area contributed by atoms with Gasteiger partial charge in [-0.05, 0) is 30.7 Å². The maximum atomic E-state index is 5.73. The molecule has 6 heteroatoms. The van der Waals surface area contributed by atoms with Gasteiger partial charge in [-0.25, -0.2) is 4.68 Å². The third-order valence-electron chi connectivity index (χ3n) is 3.19. The Bertz CT molecular complexity index is 357. The molecule has 0 aromatic carbocycles. The van der Waals surface area contributed by atoms with E-state index in [4.69, 9.17) is 4.74 Å². The number of aromatic nitrogens is 4. The van der Waals surface area contributed by atoms with Gasteiger partial charge in [-0.3, -0.25) is 4.90 Å². The van der Waals surface area contributed by atoms with Gasteiger partial charge in [0, 0.05) is 19.6 Å². The first-order valence-corrected chi connectivity index (χ1v) is 6.82. The third kappa shape index (κ3) is 3.49. The summed E-state index contributed by atoms with van der Waals surface area (Å²) < 4.78 is 7.66. The van der Waals surface area contributed by atoms with Crippen molar-refractivity contribution in [1.29, 1.82) is 0 Å². The predicted octanol–water partition coefficient (Wildman–Crippen LogP) is 1.08. The van der Waals surface area contributed by atoms with Crippen molar-refractivity contribution in [3.8, 4) is 0 Å². The maximum absolute atomic E-state index is 5.73. The molecule has 102 valence electrons. The van der Waals surface area contributed by atoms with Gasteiger partial charge in [0.2, 0.25) is 0 Å². The molecule has 0 aliphatic carbocycles. The van der Waals surface area contributed by atoms with Crippen molar-refractivity contribution in [2.45, 2.75) is 58.9 Å². The molecule has 1 aliphatic heterocycles. The number of aryl methyl sites for hydroxylation is 1. The van der Waals surface area contributed by atoms with Crippen LogP contribution in [0.4, 0.5) is 0 Å². The summed E-state index contributed by atoms with van der Waals surface area (Å²) in [6.07, 6.45) is 2.85. The highest BCUT2D eigenvalue weighted by Gasteiger charge is 2.23. The molecular formula is C12H23N5O. The maximum Gasteiger partial charge on any atom is 0.165 e. The Hall–Kier alpha value is -1.01. The summed E-state index contributed by atoms with van der Waals surface area (Å²) in [5, 5.41) is 12.0. The lowest BCUT2D eigenvalue weighted by molar-refractivity contribution is -0.0713. The zero-order valence-electron chi connectivity index (χ0n) is 11.5. The molecule has 2 heterocycles. The lowest BCUT2D eigenvalue weighted by Crippen LogP contribution is -2.45. The molecule has 1 aliphatic rings. The van der Waals surface area contributed by atoms with Gasteiger partial charge in [0.15, 0.2) is 5.82 Å². The first-order chi connectivity index (χ1) is 8.69. The predicted molar refractivity (Wildman–Crippen MR) is 68.0 cm³/mol. The Morgan fingerprint density at radius 3 is 2.67 bits per heavy atom. The van der Waals surface area contributed by atoms with Crippen LogP contribution in [0, 0.1) is 0 Å². The van der Waals surface area contributed by atoms with E-state index in [1.54, 1.807) is 0 Å². The third-order valence-corrected chi connectivity index (χ3v) is 3.19. The summed E-state index contributed by atoms with van der Waals surface area (Å²) in [6, 6.07) is 0. The summed E-state index contributed by atoms with van der Waals surface area (Å²) in [5.41, 5.74) is 0. The normalized spacial score (nSPS) is 25.5. The van der Waals surface area contributed by atoms with Crippen LogP contribution in [0.1, 0.15) is 39.4 Å². The second-order valence-electron chi connectivity index (χ2n) is 5.12. The molecular weight excluding hydrogens is 230 g/mol. The minimum absolute atomic E-state index is 0.286. The zero-order chi connectivity index (χ0) is 13.0. The second kappa shape index (κ2) is 6.24. The van der Waals surface area contributed by atoms with E-state index < -0.39 is 0 Å². The monoisotopic (exact) mass is 253 g/mol. The molecule has 0 radical (unpaired) electrons. The molecule has 1 aromatic heterocycles. The molecule has 1 saturated heterocycles. The first-order valence-electron chi connectivity index (χ1n) is 6.82. The highest BCUT2D eigenvalue weighted by molar-refractivity contribution is 4.84. The van der Waals surface area contributed by atoms with Crippen LogP contribution >= 0.6 is 0 Å². The Labute approximate surface area is 108 Å². The van der Waals surface area contributed by atoms with Crippen LogP contribution in [-0.4, -0.2) is 50.4 Å². The Morgan fingerprint density at radius 2 is 2.00 bits per heavy atom. The summed E-state index contributed by atoms with van der Waals surface area (Å²) in [4.78, 5) is 2.37. The minimum atomic E-state index is 0.286. The Balaban J connectivity index is 1.94. The van der Waals surface area contributed by atoms with Gasteiger partial charge in [0.25, 0.3) is 0 Å². The van der Waals surface area contributed by atoms with Crippen molar-refractivity contribution in [1.82, 2.24) is 25.1 Å². The van der Waals surface area contributed by atoms with E-state index >= 15 is 0 Å². The average Bonchev–Trinajstić information content (AvgIpc) is 2.72. The Kier molecular flexibility index (Phi) is 4.66. The number of nitrogens with zero attached hydrogens (tertiary/aromatic N) is 5. The molecule has 0 unspecified atom stereocenters. The topological polar surface area (TPSA) is 56.1 Å². The molecule has 0 saturated carbocycles. The molecule has 2 rings (SSSR count). The highest BCUT2D eigenvalue weighted by atomic mass is 16.5. The number of unbranched alkanes of at least 4 members (excludes halogenated alkanes) is 1. The molecule has 6 nitrogen and oxygen atoms in total. The van der Waals surface area contributed by atoms with Gasteiger partial charge in [-0.15, -0.1) is 5.10 Å². The summed E-state index contributed by atoms with van der Waals surface area (Å²) in [6.45, 7) is 10.0. The fourth-order valence-electron chi connectivity index (χ4n) is 2.43.